The van der Waals surface area contributed by atoms with Crippen LogP contribution in [0.3, 0.4) is 0 Å². The first-order valence-electron chi connectivity index (χ1n) is 7.79. The topological polar surface area (TPSA) is 127 Å². The monoisotopic (exact) mass is 362 g/mol. The van der Waals surface area contributed by atoms with Crippen molar-refractivity contribution in [1.82, 2.24) is 0 Å². The number of carboxylic acid groups (broad SMARTS) is 1. The van der Waals surface area contributed by atoms with E-state index in [9.17, 15) is 14.4 Å². The molecule has 0 spiro atoms. The first-order valence-corrected chi connectivity index (χ1v) is 7.79. The van der Waals surface area contributed by atoms with E-state index in [0.717, 1.165) is 0 Å². The van der Waals surface area contributed by atoms with Crippen LogP contribution in [0.5, 0.6) is 11.5 Å². The van der Waals surface area contributed by atoms with Crippen LogP contribution in [0, 0.1) is 0 Å². The van der Waals surface area contributed by atoms with Crippen LogP contribution in [0.2, 0.25) is 0 Å². The van der Waals surface area contributed by atoms with Crippen LogP contribution in [0.25, 0.3) is 0 Å². The molecular formula is C17H18N2O7. The Morgan fingerprint density at radius 3 is 2.08 bits per heavy atom. The summed E-state index contributed by atoms with van der Waals surface area (Å²) in [5.74, 6) is -2.84. The first-order chi connectivity index (χ1) is 12.5. The lowest BCUT2D eigenvalue weighted by molar-refractivity contribution is -0.147. The van der Waals surface area contributed by atoms with E-state index in [1.54, 1.807) is 19.9 Å². The van der Waals surface area contributed by atoms with Crippen LogP contribution >= 0.6 is 0 Å². The van der Waals surface area contributed by atoms with Crippen molar-refractivity contribution in [3.8, 4) is 11.5 Å². The normalized spacial score (nSPS) is 10.1. The van der Waals surface area contributed by atoms with Gasteiger partial charge in [0.05, 0.1) is 30.9 Å². The molecule has 0 saturated heterocycles. The van der Waals surface area contributed by atoms with Crippen LogP contribution in [0.4, 0.5) is 11.4 Å². The van der Waals surface area contributed by atoms with Gasteiger partial charge in [0, 0.05) is 12.1 Å². The van der Waals surface area contributed by atoms with E-state index < -0.39 is 17.8 Å². The summed E-state index contributed by atoms with van der Waals surface area (Å²) in [6.07, 6.45) is 1.37. The highest BCUT2D eigenvalue weighted by Gasteiger charge is 2.19. The van der Waals surface area contributed by atoms with Gasteiger partial charge in [-0.3, -0.25) is 9.59 Å². The third-order valence-electron chi connectivity index (χ3n) is 3.12. The number of hydrogen-bond donors (Lipinski definition) is 3. The molecule has 3 N–H and O–H groups in total. The van der Waals surface area contributed by atoms with Crippen molar-refractivity contribution in [3.05, 3.63) is 36.3 Å². The maximum absolute atomic E-state index is 12.2. The predicted molar refractivity (Wildman–Crippen MR) is 91.7 cm³/mol. The van der Waals surface area contributed by atoms with E-state index in [0.29, 0.717) is 0 Å². The Balaban J connectivity index is 2.39. The predicted octanol–water partition coefficient (Wildman–Crippen LogP) is 2.35. The van der Waals surface area contributed by atoms with Gasteiger partial charge >= 0.3 is 11.9 Å². The van der Waals surface area contributed by atoms with Gasteiger partial charge in [0.15, 0.2) is 5.76 Å². The summed E-state index contributed by atoms with van der Waals surface area (Å²) in [5, 5.41) is 13.6. The van der Waals surface area contributed by atoms with Crippen LogP contribution in [0.15, 0.2) is 34.9 Å². The Bertz CT molecular complexity index is 800. The second-order valence-corrected chi connectivity index (χ2v) is 4.90. The molecule has 1 aromatic carbocycles. The van der Waals surface area contributed by atoms with E-state index in [1.807, 2.05) is 0 Å². The third kappa shape index (κ3) is 4.53. The minimum absolute atomic E-state index is 0.105. The number of furan rings is 1. The van der Waals surface area contributed by atoms with Crippen LogP contribution < -0.4 is 20.1 Å². The lowest BCUT2D eigenvalue weighted by atomic mass is 10.2. The molecule has 0 bridgehead atoms. The fourth-order valence-electron chi connectivity index (χ4n) is 2.07. The molecule has 0 atom stereocenters. The number of carbonyl (C=O) groups is 3. The summed E-state index contributed by atoms with van der Waals surface area (Å²) >= 11 is 0. The molecule has 9 heteroatoms. The van der Waals surface area contributed by atoms with E-state index in [4.69, 9.17) is 19.0 Å². The summed E-state index contributed by atoms with van der Waals surface area (Å²) in [4.78, 5) is 34.4. The Morgan fingerprint density at radius 2 is 1.62 bits per heavy atom. The van der Waals surface area contributed by atoms with Crippen molar-refractivity contribution in [1.29, 1.82) is 0 Å². The standard InChI is InChI=1S/C17H18N2O7/c1-3-24-13-9-11(19-16(21)17(22)23)14(25-4-2)8-10(13)18-15(20)12-6-5-7-26-12/h5-9H,3-4H2,1-2H3,(H,18,20)(H,19,21)(H,22,23). The Labute approximate surface area is 148 Å². The minimum Gasteiger partial charge on any atom is -0.492 e. The summed E-state index contributed by atoms with van der Waals surface area (Å²) in [7, 11) is 0. The van der Waals surface area contributed by atoms with Gasteiger partial charge in [-0.2, -0.15) is 0 Å². The smallest absolute Gasteiger partial charge is 0.394 e. The number of aliphatic carboxylic acids is 1. The zero-order chi connectivity index (χ0) is 19.1. The van der Waals surface area contributed by atoms with Crippen molar-refractivity contribution in [2.75, 3.05) is 23.8 Å². The molecule has 0 aliphatic carbocycles. The van der Waals surface area contributed by atoms with Gasteiger partial charge in [-0.1, -0.05) is 0 Å². The number of hydrogen-bond acceptors (Lipinski definition) is 6. The molecule has 0 unspecified atom stereocenters. The molecule has 2 rings (SSSR count). The molecule has 1 aromatic heterocycles. The molecule has 138 valence electrons. The van der Waals surface area contributed by atoms with Crippen molar-refractivity contribution in [2.45, 2.75) is 13.8 Å². The average Bonchev–Trinajstić information content (AvgIpc) is 3.13. The van der Waals surface area contributed by atoms with Gasteiger partial charge in [-0.05, 0) is 26.0 Å². The maximum atomic E-state index is 12.2. The Hall–Kier alpha value is -3.49. The van der Waals surface area contributed by atoms with E-state index in [2.05, 4.69) is 10.6 Å². The van der Waals surface area contributed by atoms with Crippen molar-refractivity contribution >= 4 is 29.2 Å². The van der Waals surface area contributed by atoms with E-state index >= 15 is 0 Å². The SMILES string of the molecule is CCOc1cc(NC(=O)c2ccco2)c(OCC)cc1NC(=O)C(=O)O. The van der Waals surface area contributed by atoms with Gasteiger partial charge in [-0.15, -0.1) is 0 Å². The fourth-order valence-corrected chi connectivity index (χ4v) is 2.07. The lowest BCUT2D eigenvalue weighted by Crippen LogP contribution is -2.22. The van der Waals surface area contributed by atoms with Crippen LogP contribution in [-0.4, -0.2) is 36.1 Å². The molecule has 0 saturated carbocycles. The highest BCUT2D eigenvalue weighted by atomic mass is 16.5. The number of rotatable bonds is 7. The molecule has 0 aliphatic heterocycles. The highest BCUT2D eigenvalue weighted by molar-refractivity contribution is 6.36. The zero-order valence-corrected chi connectivity index (χ0v) is 14.2. The molecule has 0 aliphatic rings. The zero-order valence-electron chi connectivity index (χ0n) is 14.2. The van der Waals surface area contributed by atoms with Crippen molar-refractivity contribution < 1.29 is 33.4 Å². The summed E-state index contributed by atoms with van der Waals surface area (Å²) < 4.78 is 15.9. The number of benzene rings is 1. The summed E-state index contributed by atoms with van der Waals surface area (Å²) in [5.41, 5.74) is 0.392. The number of nitrogens with one attached hydrogen (secondary N) is 2. The number of amides is 2. The second-order valence-electron chi connectivity index (χ2n) is 4.90. The summed E-state index contributed by atoms with van der Waals surface area (Å²) in [6, 6.07) is 5.90. The van der Waals surface area contributed by atoms with E-state index in [-0.39, 0.29) is 41.8 Å². The average molecular weight is 362 g/mol. The largest absolute Gasteiger partial charge is 0.492 e. The third-order valence-corrected chi connectivity index (χ3v) is 3.12. The van der Waals surface area contributed by atoms with Crippen LogP contribution in [0.1, 0.15) is 24.4 Å². The molecule has 2 aromatic rings. The molecule has 2 amide bonds. The van der Waals surface area contributed by atoms with Gasteiger partial charge in [0.1, 0.15) is 11.5 Å². The maximum Gasteiger partial charge on any atom is 0.394 e. The second kappa shape index (κ2) is 8.56. The Morgan fingerprint density at radius 1 is 1.04 bits per heavy atom. The first kappa shape index (κ1) is 18.8. The quantitative estimate of drug-likeness (QED) is 0.645. The molecule has 0 fully saturated rings. The molecule has 1 heterocycles. The fraction of sp³-hybridized carbons (Fsp3) is 0.235. The van der Waals surface area contributed by atoms with Crippen molar-refractivity contribution in [3.63, 3.8) is 0 Å². The highest BCUT2D eigenvalue weighted by Crippen LogP contribution is 2.37. The number of anilines is 2. The number of ether oxygens (including phenoxy) is 2. The van der Waals surface area contributed by atoms with Gasteiger partial charge in [-0.25, -0.2) is 4.79 Å². The molecule has 9 nitrogen and oxygen atoms in total. The van der Waals surface area contributed by atoms with Gasteiger partial charge in [0.2, 0.25) is 0 Å². The minimum atomic E-state index is -1.64. The lowest BCUT2D eigenvalue weighted by Gasteiger charge is -2.17. The Kier molecular flexibility index (Phi) is 6.20. The van der Waals surface area contributed by atoms with Gasteiger partial charge in [0.25, 0.3) is 5.91 Å². The van der Waals surface area contributed by atoms with Crippen LogP contribution in [-0.2, 0) is 9.59 Å². The molecule has 0 radical (unpaired) electrons. The molecule has 26 heavy (non-hydrogen) atoms. The van der Waals surface area contributed by atoms with E-state index in [1.165, 1.54) is 24.5 Å². The summed E-state index contributed by atoms with van der Waals surface area (Å²) in [6.45, 7) is 4.00. The number of carboxylic acids is 1. The van der Waals surface area contributed by atoms with Crippen molar-refractivity contribution in [2.24, 2.45) is 0 Å². The molecular weight excluding hydrogens is 344 g/mol. The van der Waals surface area contributed by atoms with Gasteiger partial charge < -0.3 is 29.6 Å². The number of carbonyl (C=O) groups excluding carboxylic acids is 2.